The third-order valence-electron chi connectivity index (χ3n) is 4.97. The van der Waals surface area contributed by atoms with E-state index in [1.165, 1.54) is 10.5 Å². The molecule has 9 heteroatoms. The minimum absolute atomic E-state index is 0.155. The van der Waals surface area contributed by atoms with Gasteiger partial charge < -0.3 is 4.90 Å². The van der Waals surface area contributed by atoms with Crippen LogP contribution in [0.4, 0.5) is 4.39 Å². The Morgan fingerprint density at radius 1 is 1.10 bits per heavy atom. The van der Waals surface area contributed by atoms with Crippen molar-refractivity contribution in [3.63, 3.8) is 0 Å². The quantitative estimate of drug-likeness (QED) is 0.652. The van der Waals surface area contributed by atoms with Crippen molar-refractivity contribution in [3.05, 3.63) is 58.4 Å². The average Bonchev–Trinajstić information content (AvgIpc) is 2.77. The molecule has 2 aliphatic heterocycles. The highest BCUT2D eigenvalue weighted by Crippen LogP contribution is 2.44. The van der Waals surface area contributed by atoms with Gasteiger partial charge in [0.05, 0.1) is 6.26 Å². The molecule has 2 aromatic carbocycles. The number of hydrogen-bond acceptors (Lipinski definition) is 5. The summed E-state index contributed by atoms with van der Waals surface area (Å²) in [5.41, 5.74) is 2.40. The first-order valence-corrected chi connectivity index (χ1v) is 12.3. The van der Waals surface area contributed by atoms with Crippen molar-refractivity contribution in [2.24, 2.45) is 0 Å². The Hall–Kier alpha value is -1.16. The summed E-state index contributed by atoms with van der Waals surface area (Å²) in [6, 6.07) is 11.5. The smallest absolute Gasteiger partial charge is 0.261 e. The summed E-state index contributed by atoms with van der Waals surface area (Å²) < 4.78 is 39.8. The van der Waals surface area contributed by atoms with Crippen LogP contribution in [0.2, 0.25) is 5.02 Å². The van der Waals surface area contributed by atoms with Crippen molar-refractivity contribution in [2.45, 2.75) is 22.3 Å². The molecule has 0 saturated carbocycles. The Bertz CT molecular complexity index is 972. The van der Waals surface area contributed by atoms with Crippen LogP contribution in [-0.2, 0) is 16.5 Å². The summed E-state index contributed by atoms with van der Waals surface area (Å²) in [6.45, 7) is 4.15. The number of halogens is 2. The van der Waals surface area contributed by atoms with Crippen molar-refractivity contribution in [3.8, 4) is 0 Å². The van der Waals surface area contributed by atoms with Crippen molar-refractivity contribution < 1.29 is 17.4 Å². The van der Waals surface area contributed by atoms with E-state index in [9.17, 15) is 12.8 Å². The molecule has 2 heterocycles. The lowest BCUT2D eigenvalue weighted by atomic mass is 9.96. The largest absolute Gasteiger partial charge is 0.304 e. The first-order valence-electron chi connectivity index (χ1n) is 9.21. The lowest BCUT2D eigenvalue weighted by Crippen LogP contribution is -2.46. The summed E-state index contributed by atoms with van der Waals surface area (Å²) in [4.78, 5) is 7.18. The fraction of sp³-hybridized carbons (Fsp3) is 0.400. The van der Waals surface area contributed by atoms with Crippen LogP contribution < -0.4 is 0 Å². The summed E-state index contributed by atoms with van der Waals surface area (Å²) in [5, 5.41) is 0.753. The highest BCUT2D eigenvalue weighted by molar-refractivity contribution is 7.99. The number of likely N-dealkylation sites (N-methyl/N-ethyl adjacent to an activating group) is 1. The van der Waals surface area contributed by atoms with Gasteiger partial charge in [0.15, 0.2) is 0 Å². The van der Waals surface area contributed by atoms with E-state index in [-0.39, 0.29) is 11.9 Å². The van der Waals surface area contributed by atoms with E-state index in [0.717, 1.165) is 48.1 Å². The predicted molar refractivity (Wildman–Crippen MR) is 115 cm³/mol. The molecule has 1 atom stereocenters. The van der Waals surface area contributed by atoms with Crippen LogP contribution in [0.5, 0.6) is 0 Å². The van der Waals surface area contributed by atoms with E-state index < -0.39 is 10.1 Å². The van der Waals surface area contributed by atoms with Gasteiger partial charge in [-0.3, -0.25) is 9.45 Å². The Balaban J connectivity index is 0.000000431. The molecule has 2 aromatic rings. The summed E-state index contributed by atoms with van der Waals surface area (Å²) in [7, 11) is -1.51. The predicted octanol–water partition coefficient (Wildman–Crippen LogP) is 3.98. The molecule has 0 spiro atoms. The van der Waals surface area contributed by atoms with Crippen LogP contribution in [0.1, 0.15) is 17.2 Å². The molecule has 2 aliphatic rings. The number of benzene rings is 2. The molecule has 0 aromatic heterocycles. The molecule has 1 saturated heterocycles. The molecule has 0 bridgehead atoms. The number of fused-ring (bicyclic) bond motifs is 2. The number of nitrogens with zero attached hydrogens (tertiary/aromatic N) is 2. The standard InChI is InChI=1S/C19H20ClFN2S.CH4O3S/c1-22-6-8-23(9-7-22)17-10-13-2-3-14(20)11-19(13)24-18-5-4-15(21)12-16(17)18;1-5(2,3)4/h2-5,11-12,17H,6-10H2,1H3;1H3,(H,2,3,4). The van der Waals surface area contributed by atoms with Crippen molar-refractivity contribution in [1.29, 1.82) is 0 Å². The molecule has 0 radical (unpaired) electrons. The summed E-state index contributed by atoms with van der Waals surface area (Å²) >= 11 is 7.90. The maximum atomic E-state index is 14.0. The SMILES string of the molecule is CN1CCN(C2Cc3ccc(Cl)cc3Sc3ccc(F)cc32)CC1.CS(=O)(=O)O. The second-order valence-electron chi connectivity index (χ2n) is 7.33. The van der Waals surface area contributed by atoms with Crippen molar-refractivity contribution in [1.82, 2.24) is 9.80 Å². The fourth-order valence-electron chi connectivity index (χ4n) is 3.56. The Morgan fingerprint density at radius 3 is 2.41 bits per heavy atom. The van der Waals surface area contributed by atoms with E-state index in [1.807, 2.05) is 18.2 Å². The first-order chi connectivity index (χ1) is 13.6. The van der Waals surface area contributed by atoms with Crippen molar-refractivity contribution in [2.75, 3.05) is 39.5 Å². The lowest BCUT2D eigenvalue weighted by Gasteiger charge is -2.38. The van der Waals surface area contributed by atoms with Crippen LogP contribution >= 0.6 is 23.4 Å². The minimum atomic E-state index is -3.67. The van der Waals surface area contributed by atoms with Crippen LogP contribution in [0.3, 0.4) is 0 Å². The monoisotopic (exact) mass is 458 g/mol. The molecule has 158 valence electrons. The van der Waals surface area contributed by atoms with Crippen LogP contribution in [-0.4, -0.2) is 62.3 Å². The van der Waals surface area contributed by atoms with E-state index in [0.29, 0.717) is 6.26 Å². The molecule has 1 unspecified atom stereocenters. The first kappa shape index (κ1) is 22.5. The maximum Gasteiger partial charge on any atom is 0.261 e. The Morgan fingerprint density at radius 2 is 1.76 bits per heavy atom. The van der Waals surface area contributed by atoms with Gasteiger partial charge in [0.2, 0.25) is 0 Å². The van der Waals surface area contributed by atoms with Gasteiger partial charge in [-0.2, -0.15) is 8.42 Å². The van der Waals surface area contributed by atoms with Gasteiger partial charge in [0.25, 0.3) is 10.1 Å². The number of piperazine rings is 1. The number of hydrogen-bond donors (Lipinski definition) is 1. The van der Waals surface area contributed by atoms with Crippen LogP contribution in [0, 0.1) is 5.82 Å². The summed E-state index contributed by atoms with van der Waals surface area (Å²) in [5.74, 6) is -0.155. The molecular weight excluding hydrogens is 435 g/mol. The van der Waals surface area contributed by atoms with Gasteiger partial charge in [0.1, 0.15) is 5.82 Å². The van der Waals surface area contributed by atoms with Crippen molar-refractivity contribution >= 4 is 33.5 Å². The Kier molecular flexibility index (Phi) is 7.24. The number of rotatable bonds is 1. The normalized spacial score (nSPS) is 20.1. The fourth-order valence-corrected chi connectivity index (χ4v) is 4.95. The molecule has 1 fully saturated rings. The molecule has 5 nitrogen and oxygen atoms in total. The third kappa shape index (κ3) is 6.41. The van der Waals surface area contributed by atoms with Crippen LogP contribution in [0.15, 0.2) is 46.2 Å². The van der Waals surface area contributed by atoms with Gasteiger partial charge in [0, 0.05) is 47.0 Å². The highest BCUT2D eigenvalue weighted by Gasteiger charge is 2.29. The molecular formula is C20H24ClFN2O3S2. The molecule has 1 N–H and O–H groups in total. The molecule has 0 amide bonds. The average molecular weight is 459 g/mol. The topological polar surface area (TPSA) is 60.9 Å². The lowest BCUT2D eigenvalue weighted by molar-refractivity contribution is 0.109. The van der Waals surface area contributed by atoms with E-state index in [1.54, 1.807) is 23.9 Å². The van der Waals surface area contributed by atoms with E-state index in [4.69, 9.17) is 16.2 Å². The van der Waals surface area contributed by atoms with Gasteiger partial charge in [-0.1, -0.05) is 29.4 Å². The van der Waals surface area contributed by atoms with Gasteiger partial charge in [-0.15, -0.1) is 0 Å². The molecule has 4 rings (SSSR count). The van der Waals surface area contributed by atoms with Gasteiger partial charge in [-0.05, 0) is 54.9 Å². The minimum Gasteiger partial charge on any atom is -0.304 e. The second-order valence-corrected chi connectivity index (χ2v) is 10.3. The third-order valence-corrected chi connectivity index (χ3v) is 6.40. The van der Waals surface area contributed by atoms with E-state index >= 15 is 0 Å². The zero-order chi connectivity index (χ0) is 21.2. The van der Waals surface area contributed by atoms with Gasteiger partial charge in [-0.25, -0.2) is 4.39 Å². The molecule has 0 aliphatic carbocycles. The summed E-state index contributed by atoms with van der Waals surface area (Å²) in [6.07, 6.45) is 1.62. The maximum absolute atomic E-state index is 14.0. The zero-order valence-electron chi connectivity index (χ0n) is 16.3. The zero-order valence-corrected chi connectivity index (χ0v) is 18.7. The van der Waals surface area contributed by atoms with Crippen LogP contribution in [0.25, 0.3) is 0 Å². The highest BCUT2D eigenvalue weighted by atomic mass is 35.5. The Labute approximate surface area is 180 Å². The molecule has 29 heavy (non-hydrogen) atoms. The second kappa shape index (κ2) is 9.32. The van der Waals surface area contributed by atoms with E-state index in [2.05, 4.69) is 22.9 Å². The van der Waals surface area contributed by atoms with Gasteiger partial charge >= 0.3 is 0 Å².